The largest absolute Gasteiger partial charge is 0.486 e. The molecule has 1 heterocycles. The number of ether oxygens (including phenoxy) is 2. The predicted molar refractivity (Wildman–Crippen MR) is 110 cm³/mol. The van der Waals surface area contributed by atoms with Crippen molar-refractivity contribution in [2.75, 3.05) is 18.5 Å². The molecule has 4 nitrogen and oxygen atoms in total. The zero-order valence-electron chi connectivity index (χ0n) is 15.5. The number of rotatable bonds is 5. The lowest BCUT2D eigenvalue weighted by Gasteiger charge is -2.26. The number of nitrogens with one attached hydrogen (secondary N) is 2. The van der Waals surface area contributed by atoms with Crippen molar-refractivity contribution in [3.05, 3.63) is 53.6 Å². The monoisotopic (exact) mass is 370 g/mol. The fourth-order valence-electron chi connectivity index (χ4n) is 3.02. The van der Waals surface area contributed by atoms with E-state index < -0.39 is 0 Å². The first-order chi connectivity index (χ1) is 12.6. The van der Waals surface area contributed by atoms with E-state index in [1.807, 2.05) is 12.1 Å². The maximum absolute atomic E-state index is 5.72. The van der Waals surface area contributed by atoms with Crippen LogP contribution in [0.5, 0.6) is 11.5 Å². The fraction of sp³-hybridized carbons (Fsp3) is 0.381. The van der Waals surface area contributed by atoms with Gasteiger partial charge in [-0.05, 0) is 59.9 Å². The minimum Gasteiger partial charge on any atom is -0.486 e. The van der Waals surface area contributed by atoms with Crippen LogP contribution in [0.1, 0.15) is 37.9 Å². The molecule has 5 heteroatoms. The molecule has 1 atom stereocenters. The molecule has 0 aliphatic carbocycles. The van der Waals surface area contributed by atoms with Crippen LogP contribution in [-0.4, -0.2) is 18.3 Å². The molecule has 138 valence electrons. The normalized spacial score (nSPS) is 14.0. The van der Waals surface area contributed by atoms with Crippen LogP contribution in [0.15, 0.2) is 42.5 Å². The molecule has 2 aromatic carbocycles. The van der Waals surface area contributed by atoms with E-state index >= 15 is 0 Å². The highest BCUT2D eigenvalue weighted by Gasteiger charge is 2.20. The van der Waals surface area contributed by atoms with Crippen LogP contribution in [-0.2, 0) is 6.42 Å². The minimum absolute atomic E-state index is 0.0840. The number of benzene rings is 2. The first kappa shape index (κ1) is 18.5. The third-order valence-corrected chi connectivity index (χ3v) is 4.72. The van der Waals surface area contributed by atoms with Crippen molar-refractivity contribution in [2.24, 2.45) is 5.92 Å². The molecular weight excluding hydrogens is 344 g/mol. The molecule has 0 fully saturated rings. The van der Waals surface area contributed by atoms with Crippen LogP contribution in [0.4, 0.5) is 5.69 Å². The molecule has 1 aliphatic rings. The van der Waals surface area contributed by atoms with Gasteiger partial charge in [0.25, 0.3) is 0 Å². The SMILES string of the molecule is CCc1ccc(NC(=S)N[C@H](c2ccc3c(c2)OCCO3)C(C)C)cc1. The Morgan fingerprint density at radius 2 is 1.73 bits per heavy atom. The van der Waals surface area contributed by atoms with Crippen molar-refractivity contribution in [3.8, 4) is 11.5 Å². The third kappa shape index (κ3) is 4.47. The van der Waals surface area contributed by atoms with Crippen LogP contribution >= 0.6 is 12.2 Å². The van der Waals surface area contributed by atoms with Crippen LogP contribution in [0.3, 0.4) is 0 Å². The zero-order valence-corrected chi connectivity index (χ0v) is 16.4. The first-order valence-electron chi connectivity index (χ1n) is 9.13. The summed E-state index contributed by atoms with van der Waals surface area (Å²) in [5, 5.41) is 7.33. The quantitative estimate of drug-likeness (QED) is 0.747. The molecule has 26 heavy (non-hydrogen) atoms. The van der Waals surface area contributed by atoms with Gasteiger partial charge in [-0.25, -0.2) is 0 Å². The van der Waals surface area contributed by atoms with Crippen molar-refractivity contribution in [3.63, 3.8) is 0 Å². The molecule has 1 aliphatic heterocycles. The highest BCUT2D eigenvalue weighted by atomic mass is 32.1. The van der Waals surface area contributed by atoms with Gasteiger partial charge in [0.15, 0.2) is 16.6 Å². The summed E-state index contributed by atoms with van der Waals surface area (Å²) in [6.07, 6.45) is 1.03. The van der Waals surface area contributed by atoms with Crippen molar-refractivity contribution >= 4 is 23.0 Å². The van der Waals surface area contributed by atoms with E-state index in [4.69, 9.17) is 21.7 Å². The molecule has 0 aromatic heterocycles. The van der Waals surface area contributed by atoms with E-state index in [0.29, 0.717) is 24.2 Å². The lowest BCUT2D eigenvalue weighted by molar-refractivity contribution is 0.171. The van der Waals surface area contributed by atoms with Crippen molar-refractivity contribution in [1.82, 2.24) is 5.32 Å². The summed E-state index contributed by atoms with van der Waals surface area (Å²) >= 11 is 5.54. The summed E-state index contributed by atoms with van der Waals surface area (Å²) in [5.74, 6) is 1.97. The molecular formula is C21H26N2O2S. The van der Waals surface area contributed by atoms with E-state index in [9.17, 15) is 0 Å². The average Bonchev–Trinajstić information content (AvgIpc) is 2.66. The lowest BCUT2D eigenvalue weighted by atomic mass is 9.95. The Morgan fingerprint density at radius 1 is 1.04 bits per heavy atom. The number of thiocarbonyl (C=S) groups is 1. The van der Waals surface area contributed by atoms with Gasteiger partial charge in [-0.15, -0.1) is 0 Å². The van der Waals surface area contributed by atoms with Crippen LogP contribution in [0.2, 0.25) is 0 Å². The van der Waals surface area contributed by atoms with Crippen LogP contribution in [0.25, 0.3) is 0 Å². The Balaban J connectivity index is 1.70. The molecule has 0 saturated carbocycles. The van der Waals surface area contributed by atoms with Gasteiger partial charge in [0, 0.05) is 5.69 Å². The second-order valence-electron chi connectivity index (χ2n) is 6.77. The first-order valence-corrected chi connectivity index (χ1v) is 9.53. The van der Waals surface area contributed by atoms with E-state index in [2.05, 4.69) is 61.7 Å². The summed E-state index contributed by atoms with van der Waals surface area (Å²) in [6.45, 7) is 7.68. The number of hydrogen-bond donors (Lipinski definition) is 2. The Kier molecular flexibility index (Phi) is 5.99. The van der Waals surface area contributed by atoms with E-state index in [1.165, 1.54) is 5.56 Å². The van der Waals surface area contributed by atoms with E-state index in [0.717, 1.165) is 29.2 Å². The molecule has 0 amide bonds. The maximum atomic E-state index is 5.72. The van der Waals surface area contributed by atoms with Gasteiger partial charge in [-0.1, -0.05) is 39.0 Å². The molecule has 0 spiro atoms. The molecule has 0 radical (unpaired) electrons. The predicted octanol–water partition coefficient (Wildman–Crippen LogP) is 4.70. The molecule has 0 bridgehead atoms. The van der Waals surface area contributed by atoms with Crippen molar-refractivity contribution in [1.29, 1.82) is 0 Å². The third-order valence-electron chi connectivity index (χ3n) is 4.50. The van der Waals surface area contributed by atoms with Crippen LogP contribution in [0, 0.1) is 5.92 Å². The smallest absolute Gasteiger partial charge is 0.171 e. The fourth-order valence-corrected chi connectivity index (χ4v) is 3.27. The van der Waals surface area contributed by atoms with Gasteiger partial charge in [-0.2, -0.15) is 0 Å². The minimum atomic E-state index is 0.0840. The van der Waals surface area contributed by atoms with Gasteiger partial charge in [0.2, 0.25) is 0 Å². The summed E-state index contributed by atoms with van der Waals surface area (Å²) < 4.78 is 11.3. The van der Waals surface area contributed by atoms with Crippen molar-refractivity contribution in [2.45, 2.75) is 33.2 Å². The van der Waals surface area contributed by atoms with Gasteiger partial charge < -0.3 is 20.1 Å². The second kappa shape index (κ2) is 8.41. The zero-order chi connectivity index (χ0) is 18.5. The van der Waals surface area contributed by atoms with Crippen molar-refractivity contribution < 1.29 is 9.47 Å². The van der Waals surface area contributed by atoms with Gasteiger partial charge in [0.05, 0.1) is 6.04 Å². The second-order valence-corrected chi connectivity index (χ2v) is 7.18. The maximum Gasteiger partial charge on any atom is 0.171 e. The Bertz CT molecular complexity index is 759. The molecule has 2 N–H and O–H groups in total. The van der Waals surface area contributed by atoms with Gasteiger partial charge in [0.1, 0.15) is 13.2 Å². The summed E-state index contributed by atoms with van der Waals surface area (Å²) in [6, 6.07) is 14.5. The van der Waals surface area contributed by atoms with Gasteiger partial charge in [-0.3, -0.25) is 0 Å². The average molecular weight is 371 g/mol. The Morgan fingerprint density at radius 3 is 2.38 bits per heavy atom. The summed E-state index contributed by atoms with van der Waals surface area (Å²) in [5.41, 5.74) is 3.44. The topological polar surface area (TPSA) is 42.5 Å². The molecule has 0 saturated heterocycles. The molecule has 3 rings (SSSR count). The summed E-state index contributed by atoms with van der Waals surface area (Å²) in [4.78, 5) is 0. The molecule has 2 aromatic rings. The Labute approximate surface area is 160 Å². The number of anilines is 1. The van der Waals surface area contributed by atoms with E-state index in [-0.39, 0.29) is 6.04 Å². The molecule has 0 unspecified atom stereocenters. The van der Waals surface area contributed by atoms with E-state index in [1.54, 1.807) is 0 Å². The van der Waals surface area contributed by atoms with Gasteiger partial charge >= 0.3 is 0 Å². The lowest BCUT2D eigenvalue weighted by Crippen LogP contribution is -2.35. The highest BCUT2D eigenvalue weighted by Crippen LogP contribution is 2.34. The number of fused-ring (bicyclic) bond motifs is 1. The highest BCUT2D eigenvalue weighted by molar-refractivity contribution is 7.80. The Hall–Kier alpha value is -2.27. The number of hydrogen-bond acceptors (Lipinski definition) is 3. The number of aryl methyl sites for hydroxylation is 1. The van der Waals surface area contributed by atoms with Crippen LogP contribution < -0.4 is 20.1 Å². The standard InChI is InChI=1S/C21H26N2O2S/c1-4-15-5-8-17(9-6-15)22-21(26)23-20(14(2)3)16-7-10-18-19(13-16)25-12-11-24-18/h5-10,13-14,20H,4,11-12H2,1-3H3,(H2,22,23,26)/t20-/m0/s1. The summed E-state index contributed by atoms with van der Waals surface area (Å²) in [7, 11) is 0.